The van der Waals surface area contributed by atoms with E-state index in [1.54, 1.807) is 20.8 Å². The van der Waals surface area contributed by atoms with Crippen LogP contribution in [-0.4, -0.2) is 35.6 Å². The minimum absolute atomic E-state index is 0. The van der Waals surface area contributed by atoms with Gasteiger partial charge in [0.2, 0.25) is 0 Å². The smallest absolute Gasteiger partial charge is 0.0791 e. The first-order chi connectivity index (χ1) is 5.74. The zero-order valence-corrected chi connectivity index (χ0v) is 9.53. The predicted octanol–water partition coefficient (Wildman–Crippen LogP) is 1.49. The zero-order chi connectivity index (χ0) is 10.2. The molecule has 0 saturated heterocycles. The fraction of sp³-hybridized carbons (Fsp3) is 1.00. The quantitative estimate of drug-likeness (QED) is 0.509. The third-order valence-corrected chi connectivity index (χ3v) is 0.387. The Morgan fingerprint density at radius 1 is 0.692 bits per heavy atom. The minimum atomic E-state index is 0. The molecule has 3 N–H and O–H groups in total. The van der Waals surface area contributed by atoms with Crippen LogP contribution < -0.4 is 0 Å². The number of rotatable bonds is 3. The van der Waals surface area contributed by atoms with E-state index in [0.717, 1.165) is 0 Å². The molecule has 0 bridgehead atoms. The SMILES string of the molecule is CCOO.CCOO.CCOO.[V]. The molecule has 0 heterocycles. The summed E-state index contributed by atoms with van der Waals surface area (Å²) in [6.07, 6.45) is 0. The molecule has 0 saturated carbocycles. The van der Waals surface area contributed by atoms with Crippen LogP contribution >= 0.6 is 0 Å². The molecule has 0 rings (SSSR count). The van der Waals surface area contributed by atoms with Gasteiger partial charge in [-0.15, -0.1) is 0 Å². The van der Waals surface area contributed by atoms with E-state index >= 15 is 0 Å². The second kappa shape index (κ2) is 39.5. The van der Waals surface area contributed by atoms with Crippen LogP contribution in [0.3, 0.4) is 0 Å². The van der Waals surface area contributed by atoms with Crippen molar-refractivity contribution in [3.63, 3.8) is 0 Å². The van der Waals surface area contributed by atoms with Gasteiger partial charge in [-0.3, -0.25) is 15.8 Å². The maximum absolute atomic E-state index is 7.38. The van der Waals surface area contributed by atoms with Gasteiger partial charge in [0.25, 0.3) is 0 Å². The molecular weight excluding hydrogens is 219 g/mol. The molecule has 0 fully saturated rings. The normalized spacial score (nSPS) is 6.92. The molecule has 0 atom stereocenters. The monoisotopic (exact) mass is 237 g/mol. The first kappa shape index (κ1) is 23.3. The van der Waals surface area contributed by atoms with Crippen LogP contribution in [0.1, 0.15) is 20.8 Å². The largest absolute Gasteiger partial charge is 0.252 e. The molecule has 0 unspecified atom stereocenters. The molecule has 7 heteroatoms. The van der Waals surface area contributed by atoms with Crippen molar-refractivity contribution in [2.45, 2.75) is 20.8 Å². The number of hydrogen-bond acceptors (Lipinski definition) is 6. The van der Waals surface area contributed by atoms with E-state index in [0.29, 0.717) is 19.8 Å². The van der Waals surface area contributed by atoms with Crippen molar-refractivity contribution >= 4 is 0 Å². The van der Waals surface area contributed by atoms with Crippen molar-refractivity contribution in [3.05, 3.63) is 0 Å². The van der Waals surface area contributed by atoms with E-state index in [2.05, 4.69) is 14.7 Å². The summed E-state index contributed by atoms with van der Waals surface area (Å²) in [5.74, 6) is 0. The molecule has 0 aliphatic carbocycles. The third-order valence-electron chi connectivity index (χ3n) is 0.387. The van der Waals surface area contributed by atoms with Crippen molar-refractivity contribution < 1.29 is 49.0 Å². The van der Waals surface area contributed by atoms with Gasteiger partial charge in [-0.05, 0) is 20.8 Å². The van der Waals surface area contributed by atoms with Crippen molar-refractivity contribution in [3.8, 4) is 0 Å². The van der Waals surface area contributed by atoms with Gasteiger partial charge in [0.1, 0.15) is 0 Å². The molecule has 0 aliphatic heterocycles. The third kappa shape index (κ3) is 118. The molecule has 0 spiro atoms. The average Bonchev–Trinajstić information content (AvgIpc) is 2.18. The molecule has 6 nitrogen and oxygen atoms in total. The molecule has 1 radical (unpaired) electrons. The Morgan fingerprint density at radius 3 is 0.769 bits per heavy atom. The van der Waals surface area contributed by atoms with Crippen molar-refractivity contribution in [2.24, 2.45) is 0 Å². The summed E-state index contributed by atoms with van der Waals surface area (Å²) in [7, 11) is 0. The van der Waals surface area contributed by atoms with Crippen LogP contribution in [0.5, 0.6) is 0 Å². The van der Waals surface area contributed by atoms with Crippen molar-refractivity contribution in [1.82, 2.24) is 0 Å². The Hall–Kier alpha value is 0.344. The Balaban J connectivity index is -0.0000000450. The summed E-state index contributed by atoms with van der Waals surface area (Å²) in [5.41, 5.74) is 0. The Bertz CT molecular complexity index is 32.6. The van der Waals surface area contributed by atoms with Gasteiger partial charge in [-0.25, -0.2) is 14.7 Å². The molecule has 0 aliphatic rings. The molecular formula is C6H18O6V. The van der Waals surface area contributed by atoms with Crippen molar-refractivity contribution in [1.29, 1.82) is 0 Å². The maximum atomic E-state index is 7.38. The summed E-state index contributed by atoms with van der Waals surface area (Å²) in [4.78, 5) is 10.6. The average molecular weight is 237 g/mol. The van der Waals surface area contributed by atoms with Gasteiger partial charge in [-0.2, -0.15) is 0 Å². The summed E-state index contributed by atoms with van der Waals surface area (Å²) < 4.78 is 0. The van der Waals surface area contributed by atoms with E-state index in [9.17, 15) is 0 Å². The van der Waals surface area contributed by atoms with Crippen molar-refractivity contribution in [2.75, 3.05) is 19.8 Å². The van der Waals surface area contributed by atoms with Crippen LogP contribution in [0.4, 0.5) is 0 Å². The predicted molar refractivity (Wildman–Crippen MR) is 42.8 cm³/mol. The van der Waals surface area contributed by atoms with Gasteiger partial charge >= 0.3 is 0 Å². The molecule has 83 valence electrons. The summed E-state index contributed by atoms with van der Waals surface area (Å²) in [6, 6.07) is 0. The summed E-state index contributed by atoms with van der Waals surface area (Å²) >= 11 is 0. The van der Waals surface area contributed by atoms with Gasteiger partial charge < -0.3 is 0 Å². The maximum Gasteiger partial charge on any atom is 0.0791 e. The van der Waals surface area contributed by atoms with Gasteiger partial charge in [-0.1, -0.05) is 0 Å². The van der Waals surface area contributed by atoms with E-state index in [1.165, 1.54) is 0 Å². The standard InChI is InChI=1S/3C2H6O2.V/c3*1-2-4-3;/h3*3H,2H2,1H3;. The molecule has 0 aromatic rings. The van der Waals surface area contributed by atoms with E-state index < -0.39 is 0 Å². The Labute approximate surface area is 90.1 Å². The Morgan fingerprint density at radius 2 is 0.769 bits per heavy atom. The summed E-state index contributed by atoms with van der Waals surface area (Å²) in [6.45, 7) is 6.25. The summed E-state index contributed by atoms with van der Waals surface area (Å²) in [5, 5.41) is 22.1. The van der Waals surface area contributed by atoms with Gasteiger partial charge in [0, 0.05) is 18.6 Å². The molecule has 0 aromatic carbocycles. The minimum Gasteiger partial charge on any atom is -0.252 e. The van der Waals surface area contributed by atoms with Crippen LogP contribution in [0.2, 0.25) is 0 Å². The van der Waals surface area contributed by atoms with Crippen LogP contribution in [-0.2, 0) is 33.2 Å². The van der Waals surface area contributed by atoms with E-state index in [4.69, 9.17) is 15.8 Å². The van der Waals surface area contributed by atoms with E-state index in [1.807, 2.05) is 0 Å². The van der Waals surface area contributed by atoms with Crippen LogP contribution in [0, 0.1) is 0 Å². The van der Waals surface area contributed by atoms with Crippen LogP contribution in [0.25, 0.3) is 0 Å². The fourth-order valence-electron chi connectivity index (χ4n) is 0. The topological polar surface area (TPSA) is 88.4 Å². The molecule has 13 heavy (non-hydrogen) atoms. The van der Waals surface area contributed by atoms with E-state index in [-0.39, 0.29) is 18.6 Å². The molecule has 0 amide bonds. The first-order valence-electron chi connectivity index (χ1n) is 3.54. The van der Waals surface area contributed by atoms with Crippen LogP contribution in [0.15, 0.2) is 0 Å². The second-order valence-corrected chi connectivity index (χ2v) is 1.25. The second-order valence-electron chi connectivity index (χ2n) is 1.25. The van der Waals surface area contributed by atoms with Gasteiger partial charge in [0.15, 0.2) is 0 Å². The zero-order valence-electron chi connectivity index (χ0n) is 8.13. The molecule has 0 aromatic heterocycles. The Kier molecular flexibility index (Phi) is 70.7. The fourth-order valence-corrected chi connectivity index (χ4v) is 0. The van der Waals surface area contributed by atoms with Gasteiger partial charge in [0.05, 0.1) is 19.8 Å². The number of hydrogen-bond donors (Lipinski definition) is 3. The first-order valence-corrected chi connectivity index (χ1v) is 3.54.